The van der Waals surface area contributed by atoms with Gasteiger partial charge in [-0.3, -0.25) is 0 Å². The Morgan fingerprint density at radius 3 is 2.79 bits per heavy atom. The molecule has 0 saturated carbocycles. The van der Waals surface area contributed by atoms with Crippen LogP contribution in [0.25, 0.3) is 0 Å². The lowest BCUT2D eigenvalue weighted by atomic mass is 10.0. The van der Waals surface area contributed by atoms with E-state index in [1.807, 2.05) is 38.1 Å². The third kappa shape index (κ3) is 3.42. The van der Waals surface area contributed by atoms with Gasteiger partial charge in [0.1, 0.15) is 0 Å². The molecule has 0 saturated heterocycles. The van der Waals surface area contributed by atoms with Gasteiger partial charge in [-0.15, -0.1) is 0 Å². The Balaban J connectivity index is 2.12. The van der Waals surface area contributed by atoms with Gasteiger partial charge < -0.3 is 9.63 Å². The summed E-state index contributed by atoms with van der Waals surface area (Å²) in [5, 5.41) is 13.8. The summed E-state index contributed by atoms with van der Waals surface area (Å²) in [6, 6.07) is 7.95. The quantitative estimate of drug-likeness (QED) is 0.916. The van der Waals surface area contributed by atoms with Crippen LogP contribution < -0.4 is 0 Å². The van der Waals surface area contributed by atoms with Crippen molar-refractivity contribution in [1.29, 1.82) is 0 Å². The Morgan fingerprint density at radius 2 is 2.11 bits per heavy atom. The molecule has 0 aliphatic rings. The van der Waals surface area contributed by atoms with Crippen LogP contribution in [0, 0.1) is 0 Å². The number of rotatable bonds is 5. The molecule has 0 radical (unpaired) electrons. The highest BCUT2D eigenvalue weighted by Crippen LogP contribution is 2.22. The van der Waals surface area contributed by atoms with Crippen LogP contribution >= 0.6 is 15.9 Å². The molecular formula is C14H17BrN2O2. The lowest BCUT2D eigenvalue weighted by Gasteiger charge is -2.11. The van der Waals surface area contributed by atoms with E-state index in [9.17, 15) is 5.11 Å². The number of aromatic nitrogens is 2. The molecule has 102 valence electrons. The maximum absolute atomic E-state index is 9.79. The molecule has 1 aromatic carbocycles. The van der Waals surface area contributed by atoms with Gasteiger partial charge in [0.2, 0.25) is 5.89 Å². The summed E-state index contributed by atoms with van der Waals surface area (Å²) in [5.41, 5.74) is 1.11. The first kappa shape index (κ1) is 14.2. The number of halogens is 1. The van der Waals surface area contributed by atoms with Gasteiger partial charge >= 0.3 is 0 Å². The Labute approximate surface area is 121 Å². The van der Waals surface area contributed by atoms with Crippen molar-refractivity contribution in [2.45, 2.75) is 38.7 Å². The van der Waals surface area contributed by atoms with Crippen molar-refractivity contribution in [3.05, 3.63) is 46.0 Å². The van der Waals surface area contributed by atoms with E-state index >= 15 is 0 Å². The lowest BCUT2D eigenvalue weighted by molar-refractivity contribution is 0.129. The van der Waals surface area contributed by atoms with Crippen LogP contribution in [0.2, 0.25) is 0 Å². The monoisotopic (exact) mass is 324 g/mol. The van der Waals surface area contributed by atoms with Gasteiger partial charge in [-0.1, -0.05) is 53.1 Å². The van der Waals surface area contributed by atoms with Gasteiger partial charge in [0.25, 0.3) is 0 Å². The van der Waals surface area contributed by atoms with Crippen LogP contribution in [0.5, 0.6) is 0 Å². The Kier molecular flexibility index (Phi) is 4.71. The average molecular weight is 325 g/mol. The highest BCUT2D eigenvalue weighted by Gasteiger charge is 2.21. The number of benzene rings is 1. The third-order valence-corrected chi connectivity index (χ3v) is 3.95. The second-order valence-electron chi connectivity index (χ2n) is 4.58. The van der Waals surface area contributed by atoms with Crippen LogP contribution in [-0.4, -0.2) is 21.4 Å². The van der Waals surface area contributed by atoms with E-state index in [2.05, 4.69) is 26.1 Å². The van der Waals surface area contributed by atoms with Gasteiger partial charge in [0.15, 0.2) is 5.82 Å². The van der Waals surface area contributed by atoms with E-state index in [-0.39, 0.29) is 5.92 Å². The van der Waals surface area contributed by atoms with E-state index in [1.165, 1.54) is 0 Å². The topological polar surface area (TPSA) is 59.2 Å². The van der Waals surface area contributed by atoms with E-state index < -0.39 is 6.10 Å². The van der Waals surface area contributed by atoms with E-state index in [4.69, 9.17) is 4.52 Å². The molecule has 0 amide bonds. The molecule has 19 heavy (non-hydrogen) atoms. The highest BCUT2D eigenvalue weighted by atomic mass is 79.9. The van der Waals surface area contributed by atoms with Crippen LogP contribution in [0.15, 0.2) is 33.3 Å². The van der Waals surface area contributed by atoms with Crippen molar-refractivity contribution in [1.82, 2.24) is 10.1 Å². The van der Waals surface area contributed by atoms with Crippen molar-refractivity contribution in [2.75, 3.05) is 0 Å². The Bertz CT molecular complexity index is 542. The van der Waals surface area contributed by atoms with Crippen molar-refractivity contribution < 1.29 is 9.63 Å². The number of aliphatic hydroxyl groups excluding tert-OH is 1. The minimum atomic E-state index is -0.447. The fourth-order valence-electron chi connectivity index (χ4n) is 1.85. The number of hydrogen-bond donors (Lipinski definition) is 1. The van der Waals surface area contributed by atoms with Crippen molar-refractivity contribution in [2.24, 2.45) is 0 Å². The first-order chi connectivity index (χ1) is 9.11. The Hall–Kier alpha value is -1.20. The molecule has 4 nitrogen and oxygen atoms in total. The first-order valence-corrected chi connectivity index (χ1v) is 7.15. The van der Waals surface area contributed by atoms with E-state index in [0.717, 1.165) is 10.0 Å². The van der Waals surface area contributed by atoms with Crippen LogP contribution in [0.4, 0.5) is 0 Å². The molecule has 0 aliphatic heterocycles. The average Bonchev–Trinajstić information content (AvgIpc) is 2.88. The van der Waals surface area contributed by atoms with E-state index in [1.54, 1.807) is 0 Å². The smallest absolute Gasteiger partial charge is 0.232 e. The number of nitrogens with zero attached hydrogens (tertiary/aromatic N) is 2. The zero-order valence-corrected chi connectivity index (χ0v) is 12.6. The number of hydrogen-bond acceptors (Lipinski definition) is 4. The lowest BCUT2D eigenvalue weighted by Crippen LogP contribution is -2.14. The molecule has 5 heteroatoms. The summed E-state index contributed by atoms with van der Waals surface area (Å²) in [5.74, 6) is 0.999. The summed E-state index contributed by atoms with van der Waals surface area (Å²) in [6.45, 7) is 3.82. The molecule has 0 bridgehead atoms. The zero-order chi connectivity index (χ0) is 13.8. The molecule has 0 aliphatic carbocycles. The molecular weight excluding hydrogens is 308 g/mol. The SMILES string of the molecule is CCC(O)C(C)c1nc(Cc2ccccc2Br)no1. The molecule has 1 N–H and O–H groups in total. The standard InChI is InChI=1S/C14H17BrN2O2/c1-3-12(18)9(2)14-16-13(17-19-14)8-10-6-4-5-7-11(10)15/h4-7,9,12,18H,3,8H2,1-2H3. The minimum absolute atomic E-state index is 0.134. The maximum atomic E-state index is 9.79. The van der Waals surface area contributed by atoms with Gasteiger partial charge in [-0.05, 0) is 18.1 Å². The second-order valence-corrected chi connectivity index (χ2v) is 5.44. The minimum Gasteiger partial charge on any atom is -0.392 e. The molecule has 2 unspecified atom stereocenters. The van der Waals surface area contributed by atoms with Gasteiger partial charge in [0.05, 0.1) is 12.0 Å². The number of aliphatic hydroxyl groups is 1. The van der Waals surface area contributed by atoms with Crippen LogP contribution in [-0.2, 0) is 6.42 Å². The van der Waals surface area contributed by atoms with Crippen LogP contribution in [0.3, 0.4) is 0 Å². The van der Waals surface area contributed by atoms with Gasteiger partial charge in [-0.25, -0.2) is 0 Å². The Morgan fingerprint density at radius 1 is 1.37 bits per heavy atom. The zero-order valence-electron chi connectivity index (χ0n) is 11.0. The highest BCUT2D eigenvalue weighted by molar-refractivity contribution is 9.10. The van der Waals surface area contributed by atoms with Crippen molar-refractivity contribution in [3.8, 4) is 0 Å². The molecule has 2 aromatic rings. The van der Waals surface area contributed by atoms with Gasteiger partial charge in [-0.2, -0.15) is 4.98 Å². The summed E-state index contributed by atoms with van der Waals surface area (Å²) in [6.07, 6.45) is 0.833. The van der Waals surface area contributed by atoms with Gasteiger partial charge in [0, 0.05) is 10.9 Å². The first-order valence-electron chi connectivity index (χ1n) is 6.35. The fraction of sp³-hybridized carbons (Fsp3) is 0.429. The molecule has 2 atom stereocenters. The summed E-state index contributed by atoms with van der Waals surface area (Å²) < 4.78 is 6.26. The largest absolute Gasteiger partial charge is 0.392 e. The normalized spacial score (nSPS) is 14.3. The third-order valence-electron chi connectivity index (χ3n) is 3.18. The molecule has 1 aromatic heterocycles. The summed E-state index contributed by atoms with van der Waals surface area (Å²) in [4.78, 5) is 4.36. The molecule has 2 rings (SSSR count). The predicted octanol–water partition coefficient (Wildman–Crippen LogP) is 3.30. The van der Waals surface area contributed by atoms with Crippen molar-refractivity contribution in [3.63, 3.8) is 0 Å². The summed E-state index contributed by atoms with van der Waals surface area (Å²) >= 11 is 3.50. The predicted molar refractivity (Wildman–Crippen MR) is 76.0 cm³/mol. The van der Waals surface area contributed by atoms with E-state index in [0.29, 0.717) is 24.6 Å². The molecule has 0 fully saturated rings. The molecule has 1 heterocycles. The summed E-state index contributed by atoms with van der Waals surface area (Å²) in [7, 11) is 0. The van der Waals surface area contributed by atoms with Crippen LogP contribution in [0.1, 0.15) is 43.5 Å². The molecule has 0 spiro atoms. The fourth-order valence-corrected chi connectivity index (χ4v) is 2.28. The second kappa shape index (κ2) is 6.30. The van der Waals surface area contributed by atoms with Crippen molar-refractivity contribution >= 4 is 15.9 Å². The maximum Gasteiger partial charge on any atom is 0.232 e.